The van der Waals surface area contributed by atoms with Crippen LogP contribution in [-0.2, 0) is 4.74 Å². The number of hydrogen-bond acceptors (Lipinski definition) is 2. The number of rotatable bonds is 6. The van der Waals surface area contributed by atoms with Crippen LogP contribution in [0.5, 0.6) is 0 Å². The zero-order valence-electron chi connectivity index (χ0n) is 9.65. The van der Waals surface area contributed by atoms with E-state index in [2.05, 4.69) is 5.32 Å². The molecule has 0 saturated heterocycles. The van der Waals surface area contributed by atoms with Gasteiger partial charge >= 0.3 is 6.18 Å². The quantitative estimate of drug-likeness (QED) is 0.720. The van der Waals surface area contributed by atoms with Gasteiger partial charge in [0, 0.05) is 12.6 Å². The van der Waals surface area contributed by atoms with E-state index in [-0.39, 0.29) is 0 Å². The van der Waals surface area contributed by atoms with Crippen LogP contribution in [0.3, 0.4) is 0 Å². The van der Waals surface area contributed by atoms with Gasteiger partial charge in [-0.3, -0.25) is 0 Å². The van der Waals surface area contributed by atoms with E-state index in [1.54, 1.807) is 6.92 Å². The van der Waals surface area contributed by atoms with Gasteiger partial charge in [0.15, 0.2) is 0 Å². The van der Waals surface area contributed by atoms with Crippen LogP contribution in [0.15, 0.2) is 0 Å². The number of halogens is 3. The van der Waals surface area contributed by atoms with Gasteiger partial charge in [-0.1, -0.05) is 12.8 Å². The minimum absolute atomic E-state index is 0.333. The Balaban J connectivity index is 1.97. The van der Waals surface area contributed by atoms with Crippen molar-refractivity contribution in [3.8, 4) is 0 Å². The van der Waals surface area contributed by atoms with E-state index in [1.165, 1.54) is 12.8 Å². The minimum Gasteiger partial charge on any atom is -0.377 e. The molecule has 0 bridgehead atoms. The van der Waals surface area contributed by atoms with Crippen molar-refractivity contribution in [2.75, 3.05) is 13.2 Å². The van der Waals surface area contributed by atoms with Crippen LogP contribution in [0, 0.1) is 0 Å². The first-order chi connectivity index (χ1) is 7.47. The Labute approximate surface area is 94.5 Å². The third kappa shape index (κ3) is 6.33. The first kappa shape index (κ1) is 13.8. The summed E-state index contributed by atoms with van der Waals surface area (Å²) in [6, 6.07) is -0.535. The summed E-state index contributed by atoms with van der Waals surface area (Å²) in [6.45, 7) is 2.55. The molecule has 1 unspecified atom stereocenters. The molecule has 1 fully saturated rings. The van der Waals surface area contributed by atoms with E-state index in [1.807, 2.05) is 0 Å². The molecule has 1 atom stereocenters. The summed E-state index contributed by atoms with van der Waals surface area (Å²) in [6.07, 6.45) is 0.0796. The van der Waals surface area contributed by atoms with Gasteiger partial charge < -0.3 is 10.1 Å². The molecular weight excluding hydrogens is 219 g/mol. The monoisotopic (exact) mass is 239 g/mol. The Morgan fingerprint density at radius 2 is 1.94 bits per heavy atom. The van der Waals surface area contributed by atoms with Crippen LogP contribution in [0.1, 0.15) is 39.0 Å². The van der Waals surface area contributed by atoms with E-state index >= 15 is 0 Å². The Morgan fingerprint density at radius 3 is 2.50 bits per heavy atom. The minimum atomic E-state index is -4.08. The Morgan fingerprint density at radius 1 is 1.31 bits per heavy atom. The van der Waals surface area contributed by atoms with Crippen molar-refractivity contribution in [1.82, 2.24) is 5.32 Å². The molecule has 0 aromatic carbocycles. The lowest BCUT2D eigenvalue weighted by molar-refractivity contribution is -0.139. The van der Waals surface area contributed by atoms with Crippen LogP contribution in [-0.4, -0.2) is 31.5 Å². The summed E-state index contributed by atoms with van der Waals surface area (Å²) < 4.78 is 41.5. The number of alkyl halides is 3. The molecule has 96 valence electrons. The van der Waals surface area contributed by atoms with E-state index in [4.69, 9.17) is 4.74 Å². The van der Waals surface area contributed by atoms with Crippen molar-refractivity contribution < 1.29 is 17.9 Å². The predicted molar refractivity (Wildman–Crippen MR) is 56.3 cm³/mol. The first-order valence-electron chi connectivity index (χ1n) is 5.89. The Kier molecular flexibility index (Phi) is 5.55. The van der Waals surface area contributed by atoms with Crippen LogP contribution in [0.2, 0.25) is 0 Å². The molecule has 2 nitrogen and oxygen atoms in total. The number of hydrogen-bond donors (Lipinski definition) is 1. The van der Waals surface area contributed by atoms with Crippen molar-refractivity contribution in [1.29, 1.82) is 0 Å². The van der Waals surface area contributed by atoms with Crippen LogP contribution >= 0.6 is 0 Å². The van der Waals surface area contributed by atoms with Crippen molar-refractivity contribution in [3.05, 3.63) is 0 Å². The second kappa shape index (κ2) is 6.45. The molecule has 16 heavy (non-hydrogen) atoms. The second-order valence-electron chi connectivity index (χ2n) is 4.45. The zero-order valence-corrected chi connectivity index (χ0v) is 9.65. The second-order valence-corrected chi connectivity index (χ2v) is 4.45. The topological polar surface area (TPSA) is 21.3 Å². The maximum Gasteiger partial charge on any atom is 0.390 e. The van der Waals surface area contributed by atoms with Gasteiger partial charge in [-0.15, -0.1) is 0 Å². The third-order valence-electron chi connectivity index (χ3n) is 2.79. The third-order valence-corrected chi connectivity index (χ3v) is 2.79. The first-order valence-corrected chi connectivity index (χ1v) is 5.89. The molecule has 0 aromatic heterocycles. The number of nitrogens with one attached hydrogen (secondary N) is 1. The highest BCUT2D eigenvalue weighted by atomic mass is 19.4. The smallest absolute Gasteiger partial charge is 0.377 e. The lowest BCUT2D eigenvalue weighted by Gasteiger charge is -2.17. The summed E-state index contributed by atoms with van der Waals surface area (Å²) in [5.41, 5.74) is 0. The summed E-state index contributed by atoms with van der Waals surface area (Å²) in [4.78, 5) is 0. The van der Waals surface area contributed by atoms with E-state index < -0.39 is 18.6 Å². The molecule has 1 N–H and O–H groups in total. The predicted octanol–water partition coefficient (Wildman–Crippen LogP) is 2.88. The molecule has 0 aromatic rings. The standard InChI is InChI=1S/C11H20F3NO/c1-9(8-11(12,13)14)15-6-7-16-10-4-2-3-5-10/h9-10,15H,2-8H2,1H3. The average molecular weight is 239 g/mol. The van der Waals surface area contributed by atoms with Crippen molar-refractivity contribution in [2.45, 2.75) is 57.3 Å². The molecule has 0 aliphatic heterocycles. The summed E-state index contributed by atoms with van der Waals surface area (Å²) in [7, 11) is 0. The number of ether oxygens (including phenoxy) is 1. The molecule has 1 aliphatic carbocycles. The molecule has 5 heteroatoms. The normalized spacial score (nSPS) is 20.2. The fourth-order valence-electron chi connectivity index (χ4n) is 2.01. The van der Waals surface area contributed by atoms with Gasteiger partial charge in [-0.2, -0.15) is 13.2 Å². The van der Waals surface area contributed by atoms with Crippen LogP contribution in [0.25, 0.3) is 0 Å². The maximum absolute atomic E-state index is 12.0. The van der Waals surface area contributed by atoms with Crippen molar-refractivity contribution in [3.63, 3.8) is 0 Å². The fraction of sp³-hybridized carbons (Fsp3) is 1.00. The molecule has 0 amide bonds. The van der Waals surface area contributed by atoms with Crippen LogP contribution < -0.4 is 5.32 Å². The Bertz CT molecular complexity index is 190. The van der Waals surface area contributed by atoms with Gasteiger partial charge in [0.1, 0.15) is 0 Å². The van der Waals surface area contributed by atoms with Gasteiger partial charge in [0.05, 0.1) is 19.1 Å². The lowest BCUT2D eigenvalue weighted by atomic mass is 10.2. The molecule has 0 heterocycles. The molecule has 1 rings (SSSR count). The van der Waals surface area contributed by atoms with Gasteiger partial charge in [-0.05, 0) is 19.8 Å². The summed E-state index contributed by atoms with van der Waals surface area (Å²) in [5.74, 6) is 0. The van der Waals surface area contributed by atoms with Crippen LogP contribution in [0.4, 0.5) is 13.2 Å². The van der Waals surface area contributed by atoms with E-state index in [9.17, 15) is 13.2 Å². The van der Waals surface area contributed by atoms with E-state index in [0.717, 1.165) is 12.8 Å². The highest BCUT2D eigenvalue weighted by molar-refractivity contribution is 4.68. The van der Waals surface area contributed by atoms with Gasteiger partial charge in [0.25, 0.3) is 0 Å². The van der Waals surface area contributed by atoms with E-state index in [0.29, 0.717) is 19.3 Å². The molecular formula is C11H20F3NO. The molecule has 1 aliphatic rings. The molecule has 0 radical (unpaired) electrons. The Hall–Kier alpha value is -0.290. The highest BCUT2D eigenvalue weighted by Gasteiger charge is 2.29. The SMILES string of the molecule is CC(CC(F)(F)F)NCCOC1CCCC1. The van der Waals surface area contributed by atoms with Crippen molar-refractivity contribution >= 4 is 0 Å². The summed E-state index contributed by atoms with van der Waals surface area (Å²) >= 11 is 0. The highest BCUT2D eigenvalue weighted by Crippen LogP contribution is 2.21. The van der Waals surface area contributed by atoms with Gasteiger partial charge in [0.2, 0.25) is 0 Å². The fourth-order valence-corrected chi connectivity index (χ4v) is 2.01. The van der Waals surface area contributed by atoms with Gasteiger partial charge in [-0.25, -0.2) is 0 Å². The van der Waals surface area contributed by atoms with Crippen molar-refractivity contribution in [2.24, 2.45) is 0 Å². The maximum atomic E-state index is 12.0. The zero-order chi connectivity index (χ0) is 12.0. The summed E-state index contributed by atoms with van der Waals surface area (Å²) in [5, 5.41) is 2.82. The largest absolute Gasteiger partial charge is 0.390 e. The average Bonchev–Trinajstić information content (AvgIpc) is 2.62. The molecule has 1 saturated carbocycles. The lowest BCUT2D eigenvalue weighted by Crippen LogP contribution is -2.34. The molecule has 0 spiro atoms.